The van der Waals surface area contributed by atoms with Gasteiger partial charge in [0.15, 0.2) is 0 Å². The molecule has 0 bridgehead atoms. The van der Waals surface area contributed by atoms with E-state index in [4.69, 9.17) is 9.84 Å². The highest BCUT2D eigenvalue weighted by atomic mass is 16.5. The molecule has 0 spiro atoms. The van der Waals surface area contributed by atoms with E-state index >= 15 is 0 Å². The second-order valence-corrected chi connectivity index (χ2v) is 3.48. The Bertz CT molecular complexity index is 249. The lowest BCUT2D eigenvalue weighted by Gasteiger charge is -2.34. The van der Waals surface area contributed by atoms with E-state index < -0.39 is 11.9 Å². The summed E-state index contributed by atoms with van der Waals surface area (Å²) in [5, 5.41) is 8.71. The fourth-order valence-corrected chi connectivity index (χ4v) is 1.65. The van der Waals surface area contributed by atoms with Crippen LogP contribution >= 0.6 is 0 Å². The first kappa shape index (κ1) is 8.50. The molecule has 0 aromatic heterocycles. The summed E-state index contributed by atoms with van der Waals surface area (Å²) in [6.45, 7) is 1.46. The van der Waals surface area contributed by atoms with Gasteiger partial charge in [-0.15, -0.1) is 0 Å². The number of ether oxygens (including phenoxy) is 1. The van der Waals surface area contributed by atoms with Crippen molar-refractivity contribution < 1.29 is 19.4 Å². The molecular formula is C8H11NO4. The number of rotatable bonds is 2. The number of aliphatic carboxylic acids is 1. The van der Waals surface area contributed by atoms with Crippen LogP contribution in [0.1, 0.15) is 6.42 Å². The van der Waals surface area contributed by atoms with E-state index in [-0.39, 0.29) is 18.4 Å². The van der Waals surface area contributed by atoms with Crippen LogP contribution in [0.4, 0.5) is 0 Å². The summed E-state index contributed by atoms with van der Waals surface area (Å²) in [7, 11) is 0. The molecule has 13 heavy (non-hydrogen) atoms. The van der Waals surface area contributed by atoms with E-state index in [1.807, 2.05) is 0 Å². The average Bonchev–Trinajstić information content (AvgIpc) is 2.29. The van der Waals surface area contributed by atoms with Crippen LogP contribution in [0.5, 0.6) is 0 Å². The van der Waals surface area contributed by atoms with Crippen LogP contribution in [-0.2, 0) is 14.3 Å². The molecule has 1 N–H and O–H groups in total. The van der Waals surface area contributed by atoms with Gasteiger partial charge < -0.3 is 14.7 Å². The van der Waals surface area contributed by atoms with Gasteiger partial charge in [-0.25, -0.2) is 0 Å². The minimum atomic E-state index is -0.879. The molecule has 1 unspecified atom stereocenters. The topological polar surface area (TPSA) is 66.8 Å². The highest BCUT2D eigenvalue weighted by molar-refractivity contribution is 5.86. The van der Waals surface area contributed by atoms with Crippen LogP contribution in [-0.4, -0.2) is 47.7 Å². The Kier molecular flexibility index (Phi) is 1.95. The molecule has 2 rings (SSSR count). The van der Waals surface area contributed by atoms with E-state index in [1.165, 1.54) is 0 Å². The first-order valence-electron chi connectivity index (χ1n) is 4.28. The maximum absolute atomic E-state index is 11.3. The number of nitrogens with zero attached hydrogens (tertiary/aromatic N) is 1. The molecule has 2 saturated heterocycles. The van der Waals surface area contributed by atoms with E-state index in [0.29, 0.717) is 19.8 Å². The van der Waals surface area contributed by atoms with Crippen molar-refractivity contribution in [3.63, 3.8) is 0 Å². The number of likely N-dealkylation sites (tertiary alicyclic amines) is 1. The first-order valence-corrected chi connectivity index (χ1v) is 4.28. The maximum atomic E-state index is 11.3. The van der Waals surface area contributed by atoms with E-state index in [9.17, 15) is 9.59 Å². The molecule has 1 atom stereocenters. The smallest absolute Gasteiger partial charge is 0.308 e. The van der Waals surface area contributed by atoms with Gasteiger partial charge in [0.2, 0.25) is 5.91 Å². The normalized spacial score (nSPS) is 29.1. The maximum Gasteiger partial charge on any atom is 0.308 e. The van der Waals surface area contributed by atoms with Gasteiger partial charge in [0.25, 0.3) is 0 Å². The summed E-state index contributed by atoms with van der Waals surface area (Å²) in [5.41, 5.74) is 0. The van der Waals surface area contributed by atoms with E-state index in [2.05, 4.69) is 0 Å². The molecule has 72 valence electrons. The zero-order chi connectivity index (χ0) is 9.42. The lowest BCUT2D eigenvalue weighted by Crippen LogP contribution is -2.49. The lowest BCUT2D eigenvalue weighted by molar-refractivity contribution is -0.141. The van der Waals surface area contributed by atoms with Gasteiger partial charge in [0.05, 0.1) is 25.2 Å². The van der Waals surface area contributed by atoms with Gasteiger partial charge in [-0.05, 0) is 0 Å². The third-order valence-corrected chi connectivity index (χ3v) is 2.57. The summed E-state index contributed by atoms with van der Waals surface area (Å²) >= 11 is 0. The number of hydrogen-bond donors (Lipinski definition) is 1. The van der Waals surface area contributed by atoms with Crippen LogP contribution < -0.4 is 0 Å². The summed E-state index contributed by atoms with van der Waals surface area (Å²) in [5.74, 6) is -1.45. The molecular weight excluding hydrogens is 174 g/mol. The van der Waals surface area contributed by atoms with Crippen LogP contribution in [0, 0.1) is 5.92 Å². The van der Waals surface area contributed by atoms with E-state index in [0.717, 1.165) is 0 Å². The molecule has 1 amide bonds. The molecule has 0 aromatic rings. The number of carbonyl (C=O) groups excluding carboxylic acids is 1. The number of carboxylic acids is 1. The van der Waals surface area contributed by atoms with Crippen molar-refractivity contribution in [1.29, 1.82) is 0 Å². The number of amides is 1. The second-order valence-electron chi connectivity index (χ2n) is 3.48. The standard InChI is InChI=1S/C8H11NO4/c10-7-1-5(8(11)12)2-9(7)6-3-13-4-6/h5-6H,1-4H2,(H,11,12). The SMILES string of the molecule is O=C(O)C1CC(=O)N(C2COC2)C1. The first-order chi connectivity index (χ1) is 6.18. The van der Waals surface area contributed by atoms with Crippen molar-refractivity contribution in [2.45, 2.75) is 12.5 Å². The summed E-state index contributed by atoms with van der Waals surface area (Å²) in [6.07, 6.45) is 0.145. The van der Waals surface area contributed by atoms with Gasteiger partial charge >= 0.3 is 5.97 Å². The monoisotopic (exact) mass is 185 g/mol. The molecule has 0 radical (unpaired) electrons. The summed E-state index contributed by atoms with van der Waals surface area (Å²) < 4.78 is 4.95. The summed E-state index contributed by atoms with van der Waals surface area (Å²) in [4.78, 5) is 23.6. The highest BCUT2D eigenvalue weighted by Crippen LogP contribution is 2.23. The van der Waals surface area contributed by atoms with Crippen LogP contribution in [0.2, 0.25) is 0 Å². The van der Waals surface area contributed by atoms with Crippen molar-refractivity contribution in [2.75, 3.05) is 19.8 Å². The quantitative estimate of drug-likeness (QED) is 0.618. The zero-order valence-corrected chi connectivity index (χ0v) is 7.10. The molecule has 0 aromatic carbocycles. The third-order valence-electron chi connectivity index (χ3n) is 2.57. The zero-order valence-electron chi connectivity index (χ0n) is 7.10. The Morgan fingerprint density at radius 2 is 2.23 bits per heavy atom. The Balaban J connectivity index is 1.98. The Morgan fingerprint density at radius 3 is 2.62 bits per heavy atom. The van der Waals surface area contributed by atoms with Crippen LogP contribution in [0.15, 0.2) is 0 Å². The van der Waals surface area contributed by atoms with Crippen molar-refractivity contribution in [3.8, 4) is 0 Å². The predicted molar refractivity (Wildman–Crippen MR) is 42.1 cm³/mol. The van der Waals surface area contributed by atoms with Crippen LogP contribution in [0.25, 0.3) is 0 Å². The number of hydrogen-bond acceptors (Lipinski definition) is 3. The minimum Gasteiger partial charge on any atom is -0.481 e. The molecule has 2 heterocycles. The molecule has 2 aliphatic rings. The fourth-order valence-electron chi connectivity index (χ4n) is 1.65. The number of carboxylic acid groups (broad SMARTS) is 1. The van der Waals surface area contributed by atoms with Crippen LogP contribution in [0.3, 0.4) is 0 Å². The average molecular weight is 185 g/mol. The molecule has 5 nitrogen and oxygen atoms in total. The van der Waals surface area contributed by atoms with Gasteiger partial charge in [-0.2, -0.15) is 0 Å². The van der Waals surface area contributed by atoms with Gasteiger partial charge in [-0.3, -0.25) is 9.59 Å². The predicted octanol–water partition coefficient (Wildman–Crippen LogP) is -0.682. The number of carbonyl (C=O) groups is 2. The van der Waals surface area contributed by atoms with Crippen molar-refractivity contribution in [2.24, 2.45) is 5.92 Å². The molecule has 0 aliphatic carbocycles. The van der Waals surface area contributed by atoms with Gasteiger partial charge in [0, 0.05) is 13.0 Å². The molecule has 2 fully saturated rings. The molecule has 2 aliphatic heterocycles. The van der Waals surface area contributed by atoms with Gasteiger partial charge in [-0.1, -0.05) is 0 Å². The molecule has 0 saturated carbocycles. The Hall–Kier alpha value is -1.10. The van der Waals surface area contributed by atoms with Crippen molar-refractivity contribution >= 4 is 11.9 Å². The second kappa shape index (κ2) is 2.99. The van der Waals surface area contributed by atoms with Gasteiger partial charge in [0.1, 0.15) is 0 Å². The summed E-state index contributed by atoms with van der Waals surface area (Å²) in [6, 6.07) is 0.122. The van der Waals surface area contributed by atoms with E-state index in [1.54, 1.807) is 4.90 Å². The largest absolute Gasteiger partial charge is 0.481 e. The van der Waals surface area contributed by atoms with Crippen molar-refractivity contribution in [3.05, 3.63) is 0 Å². The Morgan fingerprint density at radius 1 is 1.54 bits per heavy atom. The lowest BCUT2D eigenvalue weighted by atomic mass is 10.1. The Labute approximate surface area is 75.3 Å². The van der Waals surface area contributed by atoms with Crippen molar-refractivity contribution in [1.82, 2.24) is 4.90 Å². The highest BCUT2D eigenvalue weighted by Gasteiger charge is 2.40. The fraction of sp³-hybridized carbons (Fsp3) is 0.750. The minimum absolute atomic E-state index is 0.0549. The third kappa shape index (κ3) is 1.39. The molecule has 5 heteroatoms.